The maximum Gasteiger partial charge on any atom is 0.150 e. The molecular weight excluding hydrogens is 271 g/mol. The number of aromatic nitrogens is 2. The molecule has 5 heteroatoms. The van der Waals surface area contributed by atoms with Gasteiger partial charge in [0.25, 0.3) is 0 Å². The van der Waals surface area contributed by atoms with Gasteiger partial charge in [0.05, 0.1) is 10.2 Å². The first-order valence-corrected chi connectivity index (χ1v) is 6.58. The van der Waals surface area contributed by atoms with Crippen LogP contribution in [-0.2, 0) is 0 Å². The average Bonchev–Trinajstić information content (AvgIpc) is 2.74. The minimum absolute atomic E-state index is 0.248. The molecule has 18 heavy (non-hydrogen) atoms. The number of halogens is 2. The molecule has 0 radical (unpaired) electrons. The molecule has 3 rings (SSSR count). The highest BCUT2D eigenvalue weighted by atomic mass is 35.5. The maximum atomic E-state index is 12.9. The summed E-state index contributed by atoms with van der Waals surface area (Å²) >= 11 is 7.59. The van der Waals surface area contributed by atoms with Crippen molar-refractivity contribution in [3.63, 3.8) is 0 Å². The summed E-state index contributed by atoms with van der Waals surface area (Å²) in [5.41, 5.74) is 2.71. The molecule has 0 spiro atoms. The zero-order chi connectivity index (χ0) is 12.7. The zero-order valence-electron chi connectivity index (χ0n) is 9.45. The number of thiophene rings is 1. The summed E-state index contributed by atoms with van der Waals surface area (Å²) in [7, 11) is 0. The molecule has 2 nitrogen and oxygen atoms in total. The van der Waals surface area contributed by atoms with Gasteiger partial charge in [-0.1, -0.05) is 23.7 Å². The Morgan fingerprint density at radius 3 is 2.61 bits per heavy atom. The average molecular weight is 279 g/mol. The van der Waals surface area contributed by atoms with Gasteiger partial charge in [0, 0.05) is 10.9 Å². The lowest BCUT2D eigenvalue weighted by atomic mass is 10.1. The van der Waals surface area contributed by atoms with Gasteiger partial charge in [-0.15, -0.1) is 11.3 Å². The van der Waals surface area contributed by atoms with E-state index in [4.69, 9.17) is 11.6 Å². The fourth-order valence-corrected chi connectivity index (χ4v) is 3.06. The number of hydrogen-bond donors (Lipinski definition) is 0. The van der Waals surface area contributed by atoms with Gasteiger partial charge < -0.3 is 0 Å². The molecule has 0 bridgehead atoms. The summed E-state index contributed by atoms with van der Waals surface area (Å²) in [6.45, 7) is 1.80. The highest BCUT2D eigenvalue weighted by molar-refractivity contribution is 7.18. The van der Waals surface area contributed by atoms with E-state index in [-0.39, 0.29) is 5.82 Å². The SMILES string of the molecule is Cc1nc(Cl)c2scc(-c3ccc(F)cc3)c2n1. The van der Waals surface area contributed by atoms with E-state index in [0.29, 0.717) is 11.0 Å². The van der Waals surface area contributed by atoms with Crippen LogP contribution in [0.1, 0.15) is 5.82 Å². The van der Waals surface area contributed by atoms with Crippen molar-refractivity contribution in [1.82, 2.24) is 9.97 Å². The minimum atomic E-state index is -0.248. The van der Waals surface area contributed by atoms with Crippen molar-refractivity contribution in [3.8, 4) is 11.1 Å². The Morgan fingerprint density at radius 2 is 1.89 bits per heavy atom. The third-order valence-corrected chi connectivity index (χ3v) is 4.00. The van der Waals surface area contributed by atoms with Crippen LogP contribution < -0.4 is 0 Å². The molecule has 0 unspecified atom stereocenters. The maximum absolute atomic E-state index is 12.9. The van der Waals surface area contributed by atoms with Gasteiger partial charge in [0.1, 0.15) is 11.6 Å². The fraction of sp³-hybridized carbons (Fsp3) is 0.0769. The summed E-state index contributed by atoms with van der Waals surface area (Å²) < 4.78 is 13.8. The van der Waals surface area contributed by atoms with Crippen LogP contribution in [0.2, 0.25) is 5.15 Å². The Balaban J connectivity index is 2.27. The van der Waals surface area contributed by atoms with Gasteiger partial charge in [-0.2, -0.15) is 0 Å². The summed E-state index contributed by atoms with van der Waals surface area (Å²) in [5, 5.41) is 2.44. The molecule has 0 aliphatic heterocycles. The van der Waals surface area contributed by atoms with Gasteiger partial charge in [-0.25, -0.2) is 14.4 Å². The molecule has 0 aliphatic rings. The van der Waals surface area contributed by atoms with E-state index in [0.717, 1.165) is 21.3 Å². The third-order valence-electron chi connectivity index (χ3n) is 2.64. The lowest BCUT2D eigenvalue weighted by Gasteiger charge is -2.00. The summed E-state index contributed by atoms with van der Waals surface area (Å²) in [5.74, 6) is 0.386. The molecule has 0 atom stereocenters. The van der Waals surface area contributed by atoms with Crippen LogP contribution in [0.4, 0.5) is 4.39 Å². The van der Waals surface area contributed by atoms with Crippen LogP contribution in [-0.4, -0.2) is 9.97 Å². The Bertz CT molecular complexity index is 722. The van der Waals surface area contributed by atoms with E-state index in [1.807, 2.05) is 5.38 Å². The van der Waals surface area contributed by atoms with Crippen LogP contribution in [0.3, 0.4) is 0 Å². The van der Waals surface area contributed by atoms with Crippen LogP contribution >= 0.6 is 22.9 Å². The largest absolute Gasteiger partial charge is 0.232 e. The first kappa shape index (κ1) is 11.6. The second-order valence-corrected chi connectivity index (χ2v) is 5.13. The molecule has 0 aliphatic carbocycles. The van der Waals surface area contributed by atoms with Crippen molar-refractivity contribution in [3.05, 3.63) is 46.4 Å². The van der Waals surface area contributed by atoms with Gasteiger partial charge in [0.2, 0.25) is 0 Å². The van der Waals surface area contributed by atoms with E-state index in [9.17, 15) is 4.39 Å². The van der Waals surface area contributed by atoms with Crippen molar-refractivity contribution in [2.45, 2.75) is 6.92 Å². The predicted octanol–water partition coefficient (Wildman–Crippen LogP) is 4.46. The standard InChI is InChI=1S/C13H8ClFN2S/c1-7-16-11-10(6-18-12(11)13(14)17-7)8-2-4-9(15)5-3-8/h2-6H,1H3. The lowest BCUT2D eigenvalue weighted by molar-refractivity contribution is 0.628. The van der Waals surface area contributed by atoms with Crippen LogP contribution in [0, 0.1) is 12.7 Å². The number of rotatable bonds is 1. The number of hydrogen-bond acceptors (Lipinski definition) is 3. The monoisotopic (exact) mass is 278 g/mol. The Kier molecular flexibility index (Phi) is 2.76. The van der Waals surface area contributed by atoms with Crippen LogP contribution in [0.15, 0.2) is 29.6 Å². The fourth-order valence-electron chi connectivity index (χ4n) is 1.82. The van der Waals surface area contributed by atoms with Crippen molar-refractivity contribution >= 4 is 33.2 Å². The topological polar surface area (TPSA) is 25.8 Å². The third kappa shape index (κ3) is 1.87. The number of aryl methyl sites for hydroxylation is 1. The molecule has 0 fully saturated rings. The van der Waals surface area contributed by atoms with E-state index >= 15 is 0 Å². The molecule has 1 aromatic carbocycles. The lowest BCUT2D eigenvalue weighted by Crippen LogP contribution is -1.88. The number of nitrogens with zero attached hydrogens (tertiary/aromatic N) is 2. The normalized spacial score (nSPS) is 11.1. The molecule has 0 saturated carbocycles. The van der Waals surface area contributed by atoms with Crippen LogP contribution in [0.5, 0.6) is 0 Å². The molecule has 2 aromatic heterocycles. The second-order valence-electron chi connectivity index (χ2n) is 3.90. The molecule has 3 aromatic rings. The van der Waals surface area contributed by atoms with Crippen molar-refractivity contribution in [1.29, 1.82) is 0 Å². The van der Waals surface area contributed by atoms with Crippen molar-refractivity contribution in [2.75, 3.05) is 0 Å². The van der Waals surface area contributed by atoms with E-state index < -0.39 is 0 Å². The first-order chi connectivity index (χ1) is 8.65. The predicted molar refractivity (Wildman–Crippen MR) is 72.6 cm³/mol. The van der Waals surface area contributed by atoms with E-state index in [1.54, 1.807) is 19.1 Å². The quantitative estimate of drug-likeness (QED) is 0.614. The molecule has 0 saturated heterocycles. The van der Waals surface area contributed by atoms with Crippen LogP contribution in [0.25, 0.3) is 21.3 Å². The second kappa shape index (κ2) is 4.30. The van der Waals surface area contributed by atoms with Gasteiger partial charge in [0.15, 0.2) is 5.15 Å². The summed E-state index contributed by atoms with van der Waals surface area (Å²) in [6.07, 6.45) is 0. The Labute approximate surface area is 112 Å². The molecule has 90 valence electrons. The molecule has 0 amide bonds. The number of fused-ring (bicyclic) bond motifs is 1. The summed E-state index contributed by atoms with van der Waals surface area (Å²) in [4.78, 5) is 8.54. The number of benzene rings is 1. The smallest absolute Gasteiger partial charge is 0.150 e. The molecular formula is C13H8ClFN2S. The Morgan fingerprint density at radius 1 is 1.17 bits per heavy atom. The minimum Gasteiger partial charge on any atom is -0.232 e. The van der Waals surface area contributed by atoms with Gasteiger partial charge in [-0.05, 0) is 24.6 Å². The first-order valence-electron chi connectivity index (χ1n) is 5.32. The highest BCUT2D eigenvalue weighted by Gasteiger charge is 2.12. The molecule has 2 heterocycles. The van der Waals surface area contributed by atoms with E-state index in [2.05, 4.69) is 9.97 Å². The van der Waals surface area contributed by atoms with Gasteiger partial charge >= 0.3 is 0 Å². The summed E-state index contributed by atoms with van der Waals surface area (Å²) in [6, 6.07) is 6.35. The van der Waals surface area contributed by atoms with Gasteiger partial charge in [-0.3, -0.25) is 0 Å². The Hall–Kier alpha value is -1.52. The zero-order valence-corrected chi connectivity index (χ0v) is 11.0. The highest BCUT2D eigenvalue weighted by Crippen LogP contribution is 2.35. The van der Waals surface area contributed by atoms with Crippen molar-refractivity contribution in [2.24, 2.45) is 0 Å². The van der Waals surface area contributed by atoms with Crippen molar-refractivity contribution < 1.29 is 4.39 Å². The molecule has 0 N–H and O–H groups in total. The van der Waals surface area contributed by atoms with E-state index in [1.165, 1.54) is 23.5 Å².